The van der Waals surface area contributed by atoms with E-state index in [1.807, 2.05) is 30.6 Å². The van der Waals surface area contributed by atoms with Crippen LogP contribution in [0.5, 0.6) is 0 Å². The van der Waals surface area contributed by atoms with E-state index in [4.69, 9.17) is 9.97 Å². The van der Waals surface area contributed by atoms with Crippen LogP contribution >= 0.6 is 0 Å². The number of aromatic nitrogens is 2. The lowest BCUT2D eigenvalue weighted by Crippen LogP contribution is -1.95. The molecule has 0 aliphatic carbocycles. The van der Waals surface area contributed by atoms with Crippen molar-refractivity contribution < 1.29 is 0 Å². The lowest BCUT2D eigenvalue weighted by Gasteiger charge is -2.18. The highest BCUT2D eigenvalue weighted by Crippen LogP contribution is 2.45. The van der Waals surface area contributed by atoms with Crippen molar-refractivity contribution in [3.63, 3.8) is 0 Å². The molecule has 0 radical (unpaired) electrons. The maximum absolute atomic E-state index is 4.93. The van der Waals surface area contributed by atoms with Crippen molar-refractivity contribution in [1.29, 1.82) is 0 Å². The minimum absolute atomic E-state index is 0.736. The third kappa shape index (κ3) is 3.82. The second kappa shape index (κ2) is 9.86. The van der Waals surface area contributed by atoms with Gasteiger partial charge in [-0.3, -0.25) is 0 Å². The summed E-state index contributed by atoms with van der Waals surface area (Å²) in [6.07, 6.45) is 3.88. The van der Waals surface area contributed by atoms with Gasteiger partial charge in [0.2, 0.25) is 0 Å². The van der Waals surface area contributed by atoms with Gasteiger partial charge in [-0.15, -0.1) is 0 Å². The van der Waals surface area contributed by atoms with Crippen molar-refractivity contribution in [3.8, 4) is 33.6 Å². The van der Waals surface area contributed by atoms with Crippen LogP contribution in [-0.2, 0) is 0 Å². The number of nitrogens with zero attached hydrogens (tertiary/aromatic N) is 2. The summed E-state index contributed by atoms with van der Waals surface area (Å²) in [7, 11) is 0. The Bertz CT molecular complexity index is 2470. The van der Waals surface area contributed by atoms with Crippen LogP contribution < -0.4 is 0 Å². The molecule has 0 spiro atoms. The van der Waals surface area contributed by atoms with E-state index < -0.39 is 0 Å². The molecule has 0 aliphatic heterocycles. The Morgan fingerprint density at radius 3 is 1.57 bits per heavy atom. The fourth-order valence-electron chi connectivity index (χ4n) is 6.90. The van der Waals surface area contributed by atoms with Gasteiger partial charge in [0.25, 0.3) is 0 Å². The predicted molar refractivity (Wildman–Crippen MR) is 186 cm³/mol. The first-order chi connectivity index (χ1) is 21.8. The number of hydrogen-bond donors (Lipinski definition) is 0. The van der Waals surface area contributed by atoms with Crippen LogP contribution in [0.1, 0.15) is 0 Å². The number of rotatable bonds is 3. The zero-order valence-electron chi connectivity index (χ0n) is 23.9. The monoisotopic (exact) mass is 558 g/mol. The van der Waals surface area contributed by atoms with E-state index in [2.05, 4.69) is 127 Å². The first-order valence-corrected chi connectivity index (χ1v) is 15.0. The minimum Gasteiger partial charge on any atom is -0.236 e. The molecule has 2 heteroatoms. The number of hydrogen-bond acceptors (Lipinski definition) is 2. The van der Waals surface area contributed by atoms with Crippen LogP contribution in [0.25, 0.3) is 87.5 Å². The average molecular weight is 559 g/mol. The first-order valence-electron chi connectivity index (χ1n) is 15.0. The second-order valence-corrected chi connectivity index (χ2v) is 11.4. The first kappa shape index (κ1) is 24.7. The molecule has 8 aromatic carbocycles. The molecule has 0 amide bonds. The zero-order valence-corrected chi connectivity index (χ0v) is 23.9. The molecule has 0 aliphatic rings. The van der Waals surface area contributed by atoms with Gasteiger partial charge < -0.3 is 0 Å². The standard InChI is InChI=1S/C42H26N2/c1-2-11-27(12-3-1)31-25-43-42(44-26-31)41-37-17-8-6-15-35(37)40(36-16-7-9-18-38(36)41)34-20-10-19-32-33(34)22-21-30-23-28-13-4-5-14-29(28)24-39(30)32/h1-26H. The number of benzene rings is 8. The topological polar surface area (TPSA) is 25.8 Å². The highest BCUT2D eigenvalue weighted by molar-refractivity contribution is 6.24. The van der Waals surface area contributed by atoms with E-state index in [0.29, 0.717) is 0 Å². The van der Waals surface area contributed by atoms with E-state index in [1.165, 1.54) is 54.2 Å². The van der Waals surface area contributed by atoms with Crippen LogP contribution in [0.3, 0.4) is 0 Å². The minimum atomic E-state index is 0.736. The molecule has 0 bridgehead atoms. The molecule has 0 saturated carbocycles. The summed E-state index contributed by atoms with van der Waals surface area (Å²) >= 11 is 0. The van der Waals surface area contributed by atoms with Gasteiger partial charge in [0, 0.05) is 23.5 Å². The molecule has 9 aromatic rings. The molecule has 2 nitrogen and oxygen atoms in total. The highest BCUT2D eigenvalue weighted by atomic mass is 14.9. The largest absolute Gasteiger partial charge is 0.236 e. The number of fused-ring (bicyclic) bond motifs is 6. The van der Waals surface area contributed by atoms with E-state index in [1.54, 1.807) is 0 Å². The van der Waals surface area contributed by atoms with Gasteiger partial charge in [-0.1, -0.05) is 133 Å². The van der Waals surface area contributed by atoms with Gasteiger partial charge >= 0.3 is 0 Å². The Morgan fingerprint density at radius 1 is 0.318 bits per heavy atom. The maximum atomic E-state index is 4.93. The van der Waals surface area contributed by atoms with Gasteiger partial charge in [-0.2, -0.15) is 0 Å². The summed E-state index contributed by atoms with van der Waals surface area (Å²) in [5.74, 6) is 0.736. The molecule has 0 saturated heterocycles. The fourth-order valence-corrected chi connectivity index (χ4v) is 6.90. The summed E-state index contributed by atoms with van der Waals surface area (Å²) in [6.45, 7) is 0. The molecular weight excluding hydrogens is 532 g/mol. The van der Waals surface area contributed by atoms with Gasteiger partial charge in [0.1, 0.15) is 0 Å². The third-order valence-corrected chi connectivity index (χ3v) is 8.93. The highest BCUT2D eigenvalue weighted by Gasteiger charge is 2.19. The molecule has 0 N–H and O–H groups in total. The third-order valence-electron chi connectivity index (χ3n) is 8.93. The van der Waals surface area contributed by atoms with Crippen LogP contribution in [0.4, 0.5) is 0 Å². The fraction of sp³-hybridized carbons (Fsp3) is 0. The Labute approximate surface area is 254 Å². The molecular formula is C42H26N2. The Balaban J connectivity index is 1.32. The van der Waals surface area contributed by atoms with E-state index in [9.17, 15) is 0 Å². The van der Waals surface area contributed by atoms with Crippen LogP contribution in [0, 0.1) is 0 Å². The predicted octanol–water partition coefficient (Wildman–Crippen LogP) is 11.2. The van der Waals surface area contributed by atoms with Gasteiger partial charge in [-0.05, 0) is 82.7 Å². The second-order valence-electron chi connectivity index (χ2n) is 11.4. The molecule has 1 heterocycles. The summed E-state index contributed by atoms with van der Waals surface area (Å²) in [5.41, 5.74) is 5.66. The quantitative estimate of drug-likeness (QED) is 0.159. The van der Waals surface area contributed by atoms with Crippen molar-refractivity contribution in [2.45, 2.75) is 0 Å². The lowest BCUT2D eigenvalue weighted by atomic mass is 9.85. The van der Waals surface area contributed by atoms with E-state index >= 15 is 0 Å². The summed E-state index contributed by atoms with van der Waals surface area (Å²) < 4.78 is 0. The average Bonchev–Trinajstić information content (AvgIpc) is 3.10. The van der Waals surface area contributed by atoms with Crippen molar-refractivity contribution in [1.82, 2.24) is 9.97 Å². The van der Waals surface area contributed by atoms with Crippen molar-refractivity contribution in [2.24, 2.45) is 0 Å². The summed E-state index contributed by atoms with van der Waals surface area (Å²) in [5, 5.41) is 12.3. The normalized spacial score (nSPS) is 11.6. The van der Waals surface area contributed by atoms with Gasteiger partial charge in [0.05, 0.1) is 0 Å². The smallest absolute Gasteiger partial charge is 0.160 e. The molecule has 0 atom stereocenters. The van der Waals surface area contributed by atoms with E-state index in [-0.39, 0.29) is 0 Å². The molecule has 44 heavy (non-hydrogen) atoms. The summed E-state index contributed by atoms with van der Waals surface area (Å²) in [6, 6.07) is 52.3. The van der Waals surface area contributed by atoms with Gasteiger partial charge in [-0.25, -0.2) is 9.97 Å². The van der Waals surface area contributed by atoms with Crippen molar-refractivity contribution in [2.75, 3.05) is 0 Å². The van der Waals surface area contributed by atoms with Crippen molar-refractivity contribution in [3.05, 3.63) is 158 Å². The van der Waals surface area contributed by atoms with E-state index in [0.717, 1.165) is 33.3 Å². The zero-order chi connectivity index (χ0) is 29.0. The Kier molecular flexibility index (Phi) is 5.54. The van der Waals surface area contributed by atoms with Crippen LogP contribution in [0.15, 0.2) is 158 Å². The van der Waals surface area contributed by atoms with Crippen molar-refractivity contribution >= 4 is 53.9 Å². The Morgan fingerprint density at radius 2 is 0.886 bits per heavy atom. The summed E-state index contributed by atoms with van der Waals surface area (Å²) in [4.78, 5) is 9.85. The van der Waals surface area contributed by atoms with Crippen LogP contribution in [-0.4, -0.2) is 9.97 Å². The molecule has 204 valence electrons. The maximum Gasteiger partial charge on any atom is 0.160 e. The molecule has 0 fully saturated rings. The van der Waals surface area contributed by atoms with Crippen LogP contribution in [0.2, 0.25) is 0 Å². The Hall–Kier alpha value is -5.86. The van der Waals surface area contributed by atoms with Gasteiger partial charge in [0.15, 0.2) is 5.82 Å². The molecule has 1 aromatic heterocycles. The lowest BCUT2D eigenvalue weighted by molar-refractivity contribution is 1.19. The SMILES string of the molecule is c1ccc(-c2cnc(-c3c4ccccc4c(-c4cccc5c4ccc4cc6ccccc6cc45)c4ccccc34)nc2)cc1. The molecule has 0 unspecified atom stereocenters. The molecule has 9 rings (SSSR count).